The largest absolute Gasteiger partial charge is 0.486 e. The van der Waals surface area contributed by atoms with Gasteiger partial charge in [-0.15, -0.1) is 0 Å². The predicted molar refractivity (Wildman–Crippen MR) is 62.1 cm³/mol. The third kappa shape index (κ3) is 2.84. The summed E-state index contributed by atoms with van der Waals surface area (Å²) in [6.07, 6.45) is 2.54. The van der Waals surface area contributed by atoms with Crippen molar-refractivity contribution in [2.75, 3.05) is 0 Å². The topological polar surface area (TPSA) is 53.1 Å². The third-order valence-corrected chi connectivity index (χ3v) is 2.46. The summed E-state index contributed by atoms with van der Waals surface area (Å²) in [6.45, 7) is -2.21. The zero-order chi connectivity index (χ0) is 13.0. The van der Waals surface area contributed by atoms with E-state index in [1.165, 1.54) is 12.4 Å². The van der Waals surface area contributed by atoms with E-state index in [-0.39, 0.29) is 12.4 Å². The Kier molecular flexibility index (Phi) is 3.88. The van der Waals surface area contributed by atoms with Gasteiger partial charge in [-0.3, -0.25) is 4.57 Å². The maximum Gasteiger partial charge on any atom is 0.320 e. The molecule has 0 radical (unpaired) electrons. The van der Waals surface area contributed by atoms with Crippen LogP contribution in [0.3, 0.4) is 0 Å². The Labute approximate surface area is 103 Å². The molecule has 0 aliphatic heterocycles. The smallest absolute Gasteiger partial charge is 0.320 e. The Balaban J connectivity index is 2.04. The normalized spacial score (nSPS) is 10.9. The van der Waals surface area contributed by atoms with Gasteiger partial charge in [0, 0.05) is 18.9 Å². The maximum absolute atomic E-state index is 12.6. The SMILES string of the molecule is NCc1cccc(OCc2nccn2C(F)F)c1. The van der Waals surface area contributed by atoms with Gasteiger partial charge in [0.2, 0.25) is 0 Å². The number of aromatic nitrogens is 2. The van der Waals surface area contributed by atoms with Crippen LogP contribution >= 0.6 is 0 Å². The molecule has 1 aromatic carbocycles. The van der Waals surface area contributed by atoms with E-state index in [1.54, 1.807) is 18.2 Å². The van der Waals surface area contributed by atoms with E-state index in [2.05, 4.69) is 4.98 Å². The van der Waals surface area contributed by atoms with Gasteiger partial charge >= 0.3 is 6.55 Å². The Morgan fingerprint density at radius 3 is 2.94 bits per heavy atom. The summed E-state index contributed by atoms with van der Waals surface area (Å²) in [5, 5.41) is 0. The van der Waals surface area contributed by atoms with Gasteiger partial charge in [-0.1, -0.05) is 12.1 Å². The van der Waals surface area contributed by atoms with E-state index in [0.29, 0.717) is 12.3 Å². The van der Waals surface area contributed by atoms with Gasteiger partial charge < -0.3 is 10.5 Å². The summed E-state index contributed by atoms with van der Waals surface area (Å²) < 4.78 is 31.3. The highest BCUT2D eigenvalue weighted by Crippen LogP contribution is 2.17. The molecule has 0 saturated heterocycles. The van der Waals surface area contributed by atoms with Crippen molar-refractivity contribution < 1.29 is 13.5 Å². The molecular weight excluding hydrogens is 240 g/mol. The van der Waals surface area contributed by atoms with Gasteiger partial charge in [-0.25, -0.2) is 4.98 Å². The highest BCUT2D eigenvalue weighted by atomic mass is 19.3. The number of halogens is 2. The van der Waals surface area contributed by atoms with Crippen LogP contribution < -0.4 is 10.5 Å². The molecule has 2 N–H and O–H groups in total. The molecule has 0 aliphatic carbocycles. The van der Waals surface area contributed by atoms with E-state index >= 15 is 0 Å². The van der Waals surface area contributed by atoms with Crippen LogP contribution in [0.4, 0.5) is 8.78 Å². The van der Waals surface area contributed by atoms with Crippen LogP contribution in [0.1, 0.15) is 17.9 Å². The molecule has 0 spiro atoms. The van der Waals surface area contributed by atoms with Gasteiger partial charge in [0.15, 0.2) is 5.82 Å². The van der Waals surface area contributed by atoms with Gasteiger partial charge in [0.1, 0.15) is 12.4 Å². The summed E-state index contributed by atoms with van der Waals surface area (Å²) >= 11 is 0. The first-order chi connectivity index (χ1) is 8.70. The summed E-state index contributed by atoms with van der Waals surface area (Å²) in [6, 6.07) is 7.19. The molecule has 0 unspecified atom stereocenters. The average Bonchev–Trinajstić information content (AvgIpc) is 2.85. The molecule has 0 fully saturated rings. The lowest BCUT2D eigenvalue weighted by Gasteiger charge is -2.09. The standard InChI is InChI=1S/C12H13F2N3O/c13-12(14)17-5-4-16-11(17)8-18-10-3-1-2-9(6-10)7-15/h1-6,12H,7-8,15H2. The molecule has 0 saturated carbocycles. The second-order valence-corrected chi connectivity index (χ2v) is 3.67. The average molecular weight is 253 g/mol. The Hall–Kier alpha value is -1.95. The van der Waals surface area contributed by atoms with Crippen LogP contribution in [0.15, 0.2) is 36.7 Å². The number of alkyl halides is 2. The molecule has 18 heavy (non-hydrogen) atoms. The number of imidazole rings is 1. The number of hydrogen-bond acceptors (Lipinski definition) is 3. The molecular formula is C12H13F2N3O. The van der Waals surface area contributed by atoms with E-state index < -0.39 is 6.55 Å². The summed E-state index contributed by atoms with van der Waals surface area (Å²) in [5.74, 6) is 0.768. The third-order valence-electron chi connectivity index (χ3n) is 2.46. The molecule has 6 heteroatoms. The summed E-state index contributed by atoms with van der Waals surface area (Å²) in [7, 11) is 0. The Morgan fingerprint density at radius 1 is 1.39 bits per heavy atom. The van der Waals surface area contributed by atoms with Crippen molar-refractivity contribution in [1.29, 1.82) is 0 Å². The number of ether oxygens (including phenoxy) is 1. The zero-order valence-electron chi connectivity index (χ0n) is 9.59. The van der Waals surface area contributed by atoms with E-state index in [9.17, 15) is 8.78 Å². The van der Waals surface area contributed by atoms with Crippen LogP contribution in [-0.4, -0.2) is 9.55 Å². The van der Waals surface area contributed by atoms with Crippen LogP contribution in [0.5, 0.6) is 5.75 Å². The number of nitrogens with two attached hydrogens (primary N) is 1. The van der Waals surface area contributed by atoms with Crippen molar-refractivity contribution in [2.24, 2.45) is 5.73 Å². The van der Waals surface area contributed by atoms with E-state index in [1.807, 2.05) is 6.07 Å². The lowest BCUT2D eigenvalue weighted by molar-refractivity contribution is 0.0632. The summed E-state index contributed by atoms with van der Waals surface area (Å²) in [5.41, 5.74) is 6.42. The molecule has 0 atom stereocenters. The first-order valence-corrected chi connectivity index (χ1v) is 5.42. The quantitative estimate of drug-likeness (QED) is 0.889. The second kappa shape index (κ2) is 5.59. The highest BCUT2D eigenvalue weighted by molar-refractivity contribution is 5.28. The van der Waals surface area contributed by atoms with Crippen LogP contribution in [0, 0.1) is 0 Å². The molecule has 0 bridgehead atoms. The van der Waals surface area contributed by atoms with Crippen molar-refractivity contribution in [2.45, 2.75) is 19.7 Å². The van der Waals surface area contributed by atoms with Gasteiger partial charge in [-0.2, -0.15) is 8.78 Å². The van der Waals surface area contributed by atoms with Crippen molar-refractivity contribution in [1.82, 2.24) is 9.55 Å². The first kappa shape index (κ1) is 12.5. The number of nitrogens with zero attached hydrogens (tertiary/aromatic N) is 2. The first-order valence-electron chi connectivity index (χ1n) is 5.42. The number of rotatable bonds is 5. The molecule has 96 valence electrons. The summed E-state index contributed by atoms with van der Waals surface area (Å²) in [4.78, 5) is 3.83. The second-order valence-electron chi connectivity index (χ2n) is 3.67. The predicted octanol–water partition coefficient (Wildman–Crippen LogP) is 2.32. The van der Waals surface area contributed by atoms with Crippen LogP contribution in [-0.2, 0) is 13.2 Å². The lowest BCUT2D eigenvalue weighted by Crippen LogP contribution is -2.07. The minimum atomic E-state index is -2.61. The Morgan fingerprint density at radius 2 is 2.22 bits per heavy atom. The molecule has 1 aromatic heterocycles. The monoisotopic (exact) mass is 253 g/mol. The van der Waals surface area contributed by atoms with Crippen LogP contribution in [0.25, 0.3) is 0 Å². The van der Waals surface area contributed by atoms with Gasteiger partial charge in [0.05, 0.1) is 0 Å². The van der Waals surface area contributed by atoms with E-state index in [4.69, 9.17) is 10.5 Å². The minimum absolute atomic E-state index is 0.00857. The van der Waals surface area contributed by atoms with Gasteiger partial charge in [-0.05, 0) is 17.7 Å². The minimum Gasteiger partial charge on any atom is -0.486 e. The molecule has 2 aromatic rings. The van der Waals surface area contributed by atoms with Gasteiger partial charge in [0.25, 0.3) is 0 Å². The highest BCUT2D eigenvalue weighted by Gasteiger charge is 2.11. The molecule has 4 nitrogen and oxygen atoms in total. The fourth-order valence-corrected chi connectivity index (χ4v) is 1.54. The fraction of sp³-hybridized carbons (Fsp3) is 0.250. The molecule has 0 aliphatic rings. The van der Waals surface area contributed by atoms with Crippen LogP contribution in [0.2, 0.25) is 0 Å². The zero-order valence-corrected chi connectivity index (χ0v) is 9.59. The van der Waals surface area contributed by atoms with Crippen molar-refractivity contribution in [3.05, 3.63) is 48.0 Å². The molecule has 1 heterocycles. The van der Waals surface area contributed by atoms with Crippen molar-refractivity contribution in [3.63, 3.8) is 0 Å². The number of hydrogen-bond donors (Lipinski definition) is 1. The van der Waals surface area contributed by atoms with Crippen molar-refractivity contribution in [3.8, 4) is 5.75 Å². The molecule has 0 amide bonds. The van der Waals surface area contributed by atoms with Crippen molar-refractivity contribution >= 4 is 0 Å². The lowest BCUT2D eigenvalue weighted by atomic mass is 10.2. The Bertz CT molecular complexity index is 514. The fourth-order valence-electron chi connectivity index (χ4n) is 1.54. The molecule has 2 rings (SSSR count). The maximum atomic E-state index is 12.6. The number of benzene rings is 1. The van der Waals surface area contributed by atoms with E-state index in [0.717, 1.165) is 10.1 Å².